The normalized spacial score (nSPS) is 11.3. The number of aromatic nitrogens is 2. The van der Waals surface area contributed by atoms with E-state index in [1.807, 2.05) is 25.1 Å². The van der Waals surface area contributed by atoms with Crippen LogP contribution in [0.1, 0.15) is 48.9 Å². The quantitative estimate of drug-likeness (QED) is 0.474. The molecule has 1 N–H and O–H groups in total. The first-order valence-corrected chi connectivity index (χ1v) is 9.74. The standard InChI is InChI=1S/C24H24N4/c1-5-19-16(4)20(14-25)24-27-21-8-6-7-9-22(21)28(24)23(19)26-18-12-10-17(11-13-18)15(2)3/h6-13,15,26H,5H2,1-4H3. The van der Waals surface area contributed by atoms with Gasteiger partial charge in [0.25, 0.3) is 0 Å². The number of rotatable bonds is 4. The molecule has 28 heavy (non-hydrogen) atoms. The summed E-state index contributed by atoms with van der Waals surface area (Å²) >= 11 is 0. The monoisotopic (exact) mass is 368 g/mol. The fourth-order valence-electron chi connectivity index (χ4n) is 3.84. The summed E-state index contributed by atoms with van der Waals surface area (Å²) in [6.45, 7) is 8.54. The van der Waals surface area contributed by atoms with Gasteiger partial charge in [0.05, 0.1) is 16.6 Å². The van der Waals surface area contributed by atoms with Gasteiger partial charge in [-0.3, -0.25) is 4.40 Å². The Morgan fingerprint density at radius 2 is 1.82 bits per heavy atom. The topological polar surface area (TPSA) is 53.1 Å². The Bertz CT molecular complexity index is 1210. The van der Waals surface area contributed by atoms with Crippen LogP contribution in [0.2, 0.25) is 0 Å². The summed E-state index contributed by atoms with van der Waals surface area (Å²) in [5.41, 5.74) is 7.73. The van der Waals surface area contributed by atoms with E-state index in [4.69, 9.17) is 4.98 Å². The lowest BCUT2D eigenvalue weighted by Gasteiger charge is -2.18. The first kappa shape index (κ1) is 18.1. The number of hydrogen-bond donors (Lipinski definition) is 1. The predicted molar refractivity (Wildman–Crippen MR) is 115 cm³/mol. The van der Waals surface area contributed by atoms with Crippen LogP contribution in [0.15, 0.2) is 48.5 Å². The summed E-state index contributed by atoms with van der Waals surface area (Å²) in [5, 5.41) is 13.4. The molecule has 0 bridgehead atoms. The Morgan fingerprint density at radius 1 is 1.11 bits per heavy atom. The second-order valence-corrected chi connectivity index (χ2v) is 7.45. The molecule has 4 aromatic rings. The number of pyridine rings is 1. The van der Waals surface area contributed by atoms with Crippen LogP contribution in [0.3, 0.4) is 0 Å². The lowest BCUT2D eigenvalue weighted by atomic mass is 10.0. The molecular formula is C24H24N4. The molecular weight excluding hydrogens is 344 g/mol. The van der Waals surface area contributed by atoms with Gasteiger partial charge in [-0.25, -0.2) is 4.98 Å². The number of fused-ring (bicyclic) bond motifs is 3. The van der Waals surface area contributed by atoms with E-state index in [2.05, 4.69) is 66.9 Å². The van der Waals surface area contributed by atoms with Crippen molar-refractivity contribution in [3.05, 3.63) is 70.8 Å². The van der Waals surface area contributed by atoms with Gasteiger partial charge >= 0.3 is 0 Å². The summed E-state index contributed by atoms with van der Waals surface area (Å²) in [4.78, 5) is 4.76. The highest BCUT2D eigenvalue weighted by molar-refractivity contribution is 5.87. The average molecular weight is 368 g/mol. The minimum Gasteiger partial charge on any atom is -0.341 e. The summed E-state index contributed by atoms with van der Waals surface area (Å²) in [7, 11) is 0. The molecule has 140 valence electrons. The minimum absolute atomic E-state index is 0.502. The summed E-state index contributed by atoms with van der Waals surface area (Å²) in [6, 6.07) is 19.0. The molecule has 0 aliphatic rings. The number of anilines is 2. The maximum atomic E-state index is 9.80. The predicted octanol–water partition coefficient (Wildman–Crippen LogP) is 6.10. The van der Waals surface area contributed by atoms with E-state index in [-0.39, 0.29) is 0 Å². The van der Waals surface area contributed by atoms with Crippen molar-refractivity contribution in [2.45, 2.75) is 40.0 Å². The zero-order valence-corrected chi connectivity index (χ0v) is 16.7. The molecule has 0 spiro atoms. The van der Waals surface area contributed by atoms with Crippen LogP contribution >= 0.6 is 0 Å². The molecule has 0 saturated heterocycles. The Hall–Kier alpha value is -3.32. The Kier molecular flexibility index (Phi) is 4.52. The van der Waals surface area contributed by atoms with Crippen molar-refractivity contribution in [3.8, 4) is 6.07 Å². The van der Waals surface area contributed by atoms with E-state index in [1.54, 1.807) is 0 Å². The average Bonchev–Trinajstić information content (AvgIpc) is 3.08. The molecule has 2 heterocycles. The summed E-state index contributed by atoms with van der Waals surface area (Å²) < 4.78 is 2.09. The van der Waals surface area contributed by atoms with Crippen LogP contribution < -0.4 is 5.32 Å². The molecule has 0 amide bonds. The van der Waals surface area contributed by atoms with Crippen molar-refractivity contribution in [2.75, 3.05) is 5.32 Å². The van der Waals surface area contributed by atoms with Crippen LogP contribution in [0.4, 0.5) is 11.5 Å². The molecule has 0 radical (unpaired) electrons. The fraction of sp³-hybridized carbons (Fsp3) is 0.250. The number of hydrogen-bond acceptors (Lipinski definition) is 3. The van der Waals surface area contributed by atoms with Crippen molar-refractivity contribution in [1.29, 1.82) is 5.26 Å². The molecule has 0 aliphatic heterocycles. The third-order valence-electron chi connectivity index (χ3n) is 5.43. The molecule has 0 aliphatic carbocycles. The van der Waals surface area contributed by atoms with Crippen LogP contribution in [-0.4, -0.2) is 9.38 Å². The van der Waals surface area contributed by atoms with E-state index in [0.29, 0.717) is 17.1 Å². The Morgan fingerprint density at radius 3 is 2.46 bits per heavy atom. The van der Waals surface area contributed by atoms with E-state index in [1.165, 1.54) is 5.56 Å². The lowest BCUT2D eigenvalue weighted by molar-refractivity contribution is 0.867. The molecule has 2 aromatic heterocycles. The maximum Gasteiger partial charge on any atom is 0.157 e. The van der Waals surface area contributed by atoms with Gasteiger partial charge < -0.3 is 5.32 Å². The van der Waals surface area contributed by atoms with Gasteiger partial charge in [-0.15, -0.1) is 0 Å². The highest BCUT2D eigenvalue weighted by Gasteiger charge is 2.20. The highest BCUT2D eigenvalue weighted by Crippen LogP contribution is 2.33. The van der Waals surface area contributed by atoms with Crippen molar-refractivity contribution >= 4 is 28.2 Å². The first-order chi connectivity index (χ1) is 13.5. The van der Waals surface area contributed by atoms with Gasteiger partial charge in [0.2, 0.25) is 0 Å². The third kappa shape index (κ3) is 2.80. The Balaban J connectivity index is 1.99. The summed E-state index contributed by atoms with van der Waals surface area (Å²) in [6.07, 6.45) is 0.829. The van der Waals surface area contributed by atoms with Crippen molar-refractivity contribution < 1.29 is 0 Å². The van der Waals surface area contributed by atoms with Gasteiger partial charge in [-0.1, -0.05) is 45.0 Å². The zero-order chi connectivity index (χ0) is 19.8. The van der Waals surface area contributed by atoms with Crippen molar-refractivity contribution in [2.24, 2.45) is 0 Å². The van der Waals surface area contributed by atoms with Crippen molar-refractivity contribution in [3.63, 3.8) is 0 Å². The lowest BCUT2D eigenvalue weighted by Crippen LogP contribution is -2.07. The fourth-order valence-corrected chi connectivity index (χ4v) is 3.84. The molecule has 4 nitrogen and oxygen atoms in total. The van der Waals surface area contributed by atoms with E-state index >= 15 is 0 Å². The maximum absolute atomic E-state index is 9.80. The Labute approximate surface area is 165 Å². The first-order valence-electron chi connectivity index (χ1n) is 9.74. The number of benzene rings is 2. The second-order valence-electron chi connectivity index (χ2n) is 7.45. The molecule has 4 rings (SSSR count). The molecule has 4 heteroatoms. The van der Waals surface area contributed by atoms with Crippen LogP contribution in [0.25, 0.3) is 16.7 Å². The van der Waals surface area contributed by atoms with E-state index in [0.717, 1.165) is 40.1 Å². The van der Waals surface area contributed by atoms with Crippen molar-refractivity contribution in [1.82, 2.24) is 9.38 Å². The number of nitriles is 1. The number of imidazole rings is 1. The highest BCUT2D eigenvalue weighted by atomic mass is 15.1. The molecule has 0 saturated carbocycles. The van der Waals surface area contributed by atoms with Crippen LogP contribution in [0, 0.1) is 18.3 Å². The number of nitrogens with one attached hydrogen (secondary N) is 1. The summed E-state index contributed by atoms with van der Waals surface area (Å²) in [5.74, 6) is 1.49. The van der Waals surface area contributed by atoms with E-state index in [9.17, 15) is 5.26 Å². The van der Waals surface area contributed by atoms with Gasteiger partial charge in [0, 0.05) is 5.69 Å². The molecule has 0 atom stereocenters. The number of nitrogens with zero attached hydrogens (tertiary/aromatic N) is 3. The number of para-hydroxylation sites is 2. The van der Waals surface area contributed by atoms with E-state index < -0.39 is 0 Å². The molecule has 0 unspecified atom stereocenters. The van der Waals surface area contributed by atoms with Crippen LogP contribution in [0.5, 0.6) is 0 Å². The second kappa shape index (κ2) is 7.01. The zero-order valence-electron chi connectivity index (χ0n) is 16.7. The van der Waals surface area contributed by atoms with Gasteiger partial charge in [-0.05, 0) is 60.2 Å². The SMILES string of the molecule is CCc1c(C)c(C#N)c2nc3ccccc3n2c1Nc1ccc(C(C)C)cc1. The largest absolute Gasteiger partial charge is 0.341 e. The van der Waals surface area contributed by atoms with Gasteiger partial charge in [-0.2, -0.15) is 5.26 Å². The molecule has 2 aromatic carbocycles. The smallest absolute Gasteiger partial charge is 0.157 e. The van der Waals surface area contributed by atoms with Gasteiger partial charge in [0.15, 0.2) is 5.65 Å². The van der Waals surface area contributed by atoms with Gasteiger partial charge in [0.1, 0.15) is 11.9 Å². The minimum atomic E-state index is 0.502. The van der Waals surface area contributed by atoms with Crippen LogP contribution in [-0.2, 0) is 6.42 Å². The molecule has 0 fully saturated rings. The third-order valence-corrected chi connectivity index (χ3v) is 5.43.